The first-order valence-electron chi connectivity index (χ1n) is 6.77. The lowest BCUT2D eigenvalue weighted by Gasteiger charge is -2.14. The van der Waals surface area contributed by atoms with Gasteiger partial charge in [-0.1, -0.05) is 6.92 Å². The largest absolute Gasteiger partial charge is 0.385 e. The van der Waals surface area contributed by atoms with E-state index >= 15 is 0 Å². The first-order valence-corrected chi connectivity index (χ1v) is 6.77. The van der Waals surface area contributed by atoms with Crippen LogP contribution in [0.4, 0.5) is 0 Å². The standard InChI is InChI=1S/C13H24N2O3/c1-3-8-15-12(16)10-11(13(15)17)14-7-5-4-6-9-18-2/h11,14H,3-10H2,1-2H3. The highest BCUT2D eigenvalue weighted by Gasteiger charge is 2.37. The molecule has 0 bridgehead atoms. The Morgan fingerprint density at radius 3 is 2.78 bits per heavy atom. The van der Waals surface area contributed by atoms with E-state index in [-0.39, 0.29) is 17.9 Å². The van der Waals surface area contributed by atoms with Crippen LogP contribution in [-0.4, -0.2) is 49.6 Å². The van der Waals surface area contributed by atoms with E-state index in [1.807, 2.05) is 6.92 Å². The topological polar surface area (TPSA) is 58.6 Å². The summed E-state index contributed by atoms with van der Waals surface area (Å²) in [5, 5.41) is 3.17. The second-order valence-corrected chi connectivity index (χ2v) is 4.65. The van der Waals surface area contributed by atoms with Gasteiger partial charge < -0.3 is 10.1 Å². The molecular formula is C13H24N2O3. The minimum atomic E-state index is -0.300. The predicted molar refractivity (Wildman–Crippen MR) is 69.1 cm³/mol. The normalized spacial score (nSPS) is 19.9. The quantitative estimate of drug-likeness (QED) is 0.492. The molecule has 0 spiro atoms. The Labute approximate surface area is 109 Å². The van der Waals surface area contributed by atoms with Crippen LogP contribution in [0, 0.1) is 0 Å². The van der Waals surface area contributed by atoms with Crippen molar-refractivity contribution in [3.63, 3.8) is 0 Å². The summed E-state index contributed by atoms with van der Waals surface area (Å²) in [6.45, 7) is 4.08. The molecule has 1 rings (SSSR count). The van der Waals surface area contributed by atoms with Gasteiger partial charge in [0.25, 0.3) is 0 Å². The average Bonchev–Trinajstić information content (AvgIpc) is 2.62. The van der Waals surface area contributed by atoms with E-state index < -0.39 is 0 Å². The van der Waals surface area contributed by atoms with Crippen LogP contribution < -0.4 is 5.32 Å². The van der Waals surface area contributed by atoms with E-state index in [1.165, 1.54) is 4.90 Å². The summed E-state index contributed by atoms with van der Waals surface area (Å²) < 4.78 is 4.97. The SMILES string of the molecule is CCCN1C(=O)CC(NCCCCCOC)C1=O. The van der Waals surface area contributed by atoms with Gasteiger partial charge in [-0.15, -0.1) is 0 Å². The molecule has 0 saturated carbocycles. The summed E-state index contributed by atoms with van der Waals surface area (Å²) in [6.07, 6.45) is 4.26. The molecule has 2 amide bonds. The third-order valence-electron chi connectivity index (χ3n) is 3.11. The number of nitrogens with one attached hydrogen (secondary N) is 1. The van der Waals surface area contributed by atoms with Crippen molar-refractivity contribution in [3.05, 3.63) is 0 Å². The van der Waals surface area contributed by atoms with Gasteiger partial charge in [0.1, 0.15) is 0 Å². The summed E-state index contributed by atoms with van der Waals surface area (Å²) >= 11 is 0. The Morgan fingerprint density at radius 1 is 1.33 bits per heavy atom. The fraction of sp³-hybridized carbons (Fsp3) is 0.846. The lowest BCUT2D eigenvalue weighted by molar-refractivity contribution is -0.138. The van der Waals surface area contributed by atoms with E-state index in [2.05, 4.69) is 5.32 Å². The summed E-state index contributed by atoms with van der Waals surface area (Å²) in [5.41, 5.74) is 0. The number of carbonyl (C=O) groups excluding carboxylic acids is 2. The number of hydrogen-bond acceptors (Lipinski definition) is 4. The summed E-state index contributed by atoms with van der Waals surface area (Å²) in [4.78, 5) is 24.9. The smallest absolute Gasteiger partial charge is 0.246 e. The number of imide groups is 1. The molecule has 18 heavy (non-hydrogen) atoms. The highest BCUT2D eigenvalue weighted by atomic mass is 16.5. The lowest BCUT2D eigenvalue weighted by Crippen LogP contribution is -2.39. The Hall–Kier alpha value is -0.940. The van der Waals surface area contributed by atoms with Crippen molar-refractivity contribution in [2.45, 2.75) is 45.1 Å². The molecule has 104 valence electrons. The van der Waals surface area contributed by atoms with Gasteiger partial charge in [-0.25, -0.2) is 0 Å². The van der Waals surface area contributed by atoms with Crippen molar-refractivity contribution in [3.8, 4) is 0 Å². The molecule has 1 aliphatic rings. The molecule has 5 nitrogen and oxygen atoms in total. The van der Waals surface area contributed by atoms with Gasteiger partial charge in [-0.3, -0.25) is 14.5 Å². The molecule has 1 aliphatic heterocycles. The van der Waals surface area contributed by atoms with Crippen molar-refractivity contribution in [1.82, 2.24) is 10.2 Å². The van der Waals surface area contributed by atoms with E-state index in [4.69, 9.17) is 4.74 Å². The fourth-order valence-electron chi connectivity index (χ4n) is 2.13. The minimum absolute atomic E-state index is 0.0428. The summed E-state index contributed by atoms with van der Waals surface area (Å²) in [5.74, 6) is -0.0996. The molecule has 0 aromatic heterocycles. The maximum atomic E-state index is 11.9. The van der Waals surface area contributed by atoms with Crippen LogP contribution in [0.1, 0.15) is 39.0 Å². The van der Waals surface area contributed by atoms with Crippen LogP contribution in [0.25, 0.3) is 0 Å². The molecule has 1 N–H and O–H groups in total. The number of amides is 2. The first kappa shape index (κ1) is 15.1. The Balaban J connectivity index is 2.19. The first-order chi connectivity index (χ1) is 8.70. The van der Waals surface area contributed by atoms with Gasteiger partial charge in [-0.2, -0.15) is 0 Å². The van der Waals surface area contributed by atoms with E-state index in [9.17, 15) is 9.59 Å². The van der Waals surface area contributed by atoms with Gasteiger partial charge in [0.15, 0.2) is 0 Å². The minimum Gasteiger partial charge on any atom is -0.385 e. The van der Waals surface area contributed by atoms with Crippen molar-refractivity contribution in [2.24, 2.45) is 0 Å². The van der Waals surface area contributed by atoms with E-state index in [0.29, 0.717) is 13.0 Å². The van der Waals surface area contributed by atoms with Crippen molar-refractivity contribution in [1.29, 1.82) is 0 Å². The Bertz CT molecular complexity index is 281. The zero-order valence-electron chi connectivity index (χ0n) is 11.4. The number of rotatable bonds is 9. The fourth-order valence-corrected chi connectivity index (χ4v) is 2.13. The van der Waals surface area contributed by atoms with Crippen LogP contribution in [0.15, 0.2) is 0 Å². The third kappa shape index (κ3) is 4.38. The predicted octanol–water partition coefficient (Wildman–Crippen LogP) is 0.930. The van der Waals surface area contributed by atoms with Crippen LogP contribution in [0.3, 0.4) is 0 Å². The molecule has 1 unspecified atom stereocenters. The number of hydrogen-bond donors (Lipinski definition) is 1. The zero-order chi connectivity index (χ0) is 13.4. The molecule has 1 saturated heterocycles. The van der Waals surface area contributed by atoms with Crippen LogP contribution in [-0.2, 0) is 14.3 Å². The third-order valence-corrected chi connectivity index (χ3v) is 3.11. The second-order valence-electron chi connectivity index (χ2n) is 4.65. The van der Waals surface area contributed by atoms with Gasteiger partial charge >= 0.3 is 0 Å². The van der Waals surface area contributed by atoms with E-state index in [0.717, 1.165) is 38.8 Å². The number of likely N-dealkylation sites (tertiary alicyclic amines) is 1. The van der Waals surface area contributed by atoms with Gasteiger partial charge in [0.05, 0.1) is 12.5 Å². The summed E-state index contributed by atoms with van der Waals surface area (Å²) in [6, 6.07) is -0.300. The maximum Gasteiger partial charge on any atom is 0.246 e. The van der Waals surface area contributed by atoms with Crippen molar-refractivity contribution >= 4 is 11.8 Å². The number of methoxy groups -OCH3 is 1. The highest BCUT2D eigenvalue weighted by molar-refractivity contribution is 6.05. The number of unbranched alkanes of at least 4 members (excludes halogenated alkanes) is 2. The molecule has 0 aromatic rings. The van der Waals surface area contributed by atoms with Gasteiger partial charge in [-0.05, 0) is 32.2 Å². The number of ether oxygens (including phenoxy) is 1. The monoisotopic (exact) mass is 256 g/mol. The van der Waals surface area contributed by atoms with Crippen molar-refractivity contribution in [2.75, 3.05) is 26.8 Å². The average molecular weight is 256 g/mol. The van der Waals surface area contributed by atoms with Crippen LogP contribution >= 0.6 is 0 Å². The molecule has 1 fully saturated rings. The lowest BCUT2D eigenvalue weighted by atomic mass is 10.2. The summed E-state index contributed by atoms with van der Waals surface area (Å²) in [7, 11) is 1.70. The Kier molecular flexibility index (Phi) is 6.90. The molecule has 1 heterocycles. The molecule has 0 radical (unpaired) electrons. The van der Waals surface area contributed by atoms with Crippen LogP contribution in [0.2, 0.25) is 0 Å². The van der Waals surface area contributed by atoms with Crippen molar-refractivity contribution < 1.29 is 14.3 Å². The molecule has 0 aliphatic carbocycles. The van der Waals surface area contributed by atoms with Gasteiger partial charge in [0, 0.05) is 20.3 Å². The Morgan fingerprint density at radius 2 is 2.11 bits per heavy atom. The second kappa shape index (κ2) is 8.21. The molecular weight excluding hydrogens is 232 g/mol. The van der Waals surface area contributed by atoms with E-state index in [1.54, 1.807) is 7.11 Å². The maximum absolute atomic E-state index is 11.9. The number of nitrogens with zero attached hydrogens (tertiary/aromatic N) is 1. The van der Waals surface area contributed by atoms with Crippen LogP contribution in [0.5, 0.6) is 0 Å². The highest BCUT2D eigenvalue weighted by Crippen LogP contribution is 2.13. The zero-order valence-corrected chi connectivity index (χ0v) is 11.4. The molecule has 5 heteroatoms. The van der Waals surface area contributed by atoms with Gasteiger partial charge in [0.2, 0.25) is 11.8 Å². The number of carbonyl (C=O) groups is 2. The molecule has 0 aromatic carbocycles. The molecule has 1 atom stereocenters.